The number of nitrogens with zero attached hydrogens (tertiary/aromatic N) is 1. The van der Waals surface area contributed by atoms with Crippen LogP contribution in [0, 0.1) is 0 Å². The Kier molecular flexibility index (Phi) is 5.67. The topological polar surface area (TPSA) is 121 Å². The minimum atomic E-state index is -1.14. The van der Waals surface area contributed by atoms with Crippen molar-refractivity contribution in [2.45, 2.75) is 38.3 Å². The van der Waals surface area contributed by atoms with Crippen LogP contribution in [0.4, 0.5) is 4.79 Å². The van der Waals surface area contributed by atoms with E-state index >= 15 is 0 Å². The molecule has 29 heavy (non-hydrogen) atoms. The first-order chi connectivity index (χ1) is 13.8. The lowest BCUT2D eigenvalue weighted by molar-refractivity contribution is -0.139. The maximum absolute atomic E-state index is 12.8. The summed E-state index contributed by atoms with van der Waals surface area (Å²) in [6, 6.07) is 9.34. The first-order valence-corrected chi connectivity index (χ1v) is 9.14. The molecular formula is C20H22N4O5. The Bertz CT molecular complexity index is 912. The van der Waals surface area contributed by atoms with E-state index in [0.29, 0.717) is 17.9 Å². The number of amides is 5. The van der Waals surface area contributed by atoms with Gasteiger partial charge in [-0.05, 0) is 38.3 Å². The van der Waals surface area contributed by atoms with Crippen molar-refractivity contribution in [1.82, 2.24) is 21.1 Å². The van der Waals surface area contributed by atoms with Crippen molar-refractivity contribution in [3.8, 4) is 0 Å². The molecule has 2 heterocycles. The molecule has 0 saturated carbocycles. The number of carbonyl (C=O) groups excluding carboxylic acids is 4. The van der Waals surface area contributed by atoms with E-state index < -0.39 is 35.3 Å². The maximum atomic E-state index is 12.8. The molecule has 3 rings (SSSR count). The molecule has 1 aliphatic rings. The van der Waals surface area contributed by atoms with Crippen molar-refractivity contribution < 1.29 is 23.6 Å². The minimum Gasteiger partial charge on any atom is -0.472 e. The van der Waals surface area contributed by atoms with Crippen LogP contribution in [-0.2, 0) is 16.0 Å². The van der Waals surface area contributed by atoms with Gasteiger partial charge in [0, 0.05) is 0 Å². The average Bonchev–Trinajstić information content (AvgIpc) is 3.31. The highest BCUT2D eigenvalue weighted by Gasteiger charge is 2.48. The van der Waals surface area contributed by atoms with Crippen molar-refractivity contribution in [2.24, 2.45) is 0 Å². The number of urea groups is 1. The Morgan fingerprint density at radius 2 is 1.93 bits per heavy atom. The number of aryl methyl sites for hydroxylation is 1. The van der Waals surface area contributed by atoms with Crippen LogP contribution in [0.3, 0.4) is 0 Å². The largest absolute Gasteiger partial charge is 0.472 e. The summed E-state index contributed by atoms with van der Waals surface area (Å²) in [6.07, 6.45) is 3.54. The smallest absolute Gasteiger partial charge is 0.344 e. The highest BCUT2D eigenvalue weighted by Crippen LogP contribution is 2.22. The zero-order valence-electron chi connectivity index (χ0n) is 16.1. The third kappa shape index (κ3) is 4.45. The quantitative estimate of drug-likeness (QED) is 0.609. The molecule has 0 radical (unpaired) electrons. The summed E-state index contributed by atoms with van der Waals surface area (Å²) < 4.78 is 4.82. The van der Waals surface area contributed by atoms with Gasteiger partial charge < -0.3 is 15.1 Å². The van der Waals surface area contributed by atoms with Crippen molar-refractivity contribution >= 4 is 23.8 Å². The highest BCUT2D eigenvalue weighted by molar-refractivity contribution is 6.08. The molecule has 0 bridgehead atoms. The maximum Gasteiger partial charge on any atom is 0.344 e. The van der Waals surface area contributed by atoms with Gasteiger partial charge in [-0.3, -0.25) is 19.8 Å². The van der Waals surface area contributed by atoms with E-state index in [1.165, 1.54) is 25.5 Å². The van der Waals surface area contributed by atoms with Crippen LogP contribution in [-0.4, -0.2) is 40.3 Å². The summed E-state index contributed by atoms with van der Waals surface area (Å²) >= 11 is 0. The highest BCUT2D eigenvalue weighted by atomic mass is 16.3. The summed E-state index contributed by atoms with van der Waals surface area (Å²) in [6.45, 7) is 3.06. The van der Waals surface area contributed by atoms with Crippen LogP contribution in [0.15, 0.2) is 53.3 Å². The fourth-order valence-electron chi connectivity index (χ4n) is 2.94. The molecular weight excluding hydrogens is 376 g/mol. The predicted molar refractivity (Wildman–Crippen MR) is 102 cm³/mol. The summed E-state index contributed by atoms with van der Waals surface area (Å²) in [5.74, 6) is -1.76. The molecule has 0 unspecified atom stereocenters. The Morgan fingerprint density at radius 1 is 1.21 bits per heavy atom. The van der Waals surface area contributed by atoms with Crippen LogP contribution in [0.1, 0.15) is 36.2 Å². The lowest BCUT2D eigenvalue weighted by atomic mass is 9.93. The fourth-order valence-corrected chi connectivity index (χ4v) is 2.94. The SMILES string of the molecule is C[C@H](NC(=O)c1ccoc1)C(=O)NN1C(=O)N[C@](C)(CCc2ccccc2)C1=O. The first-order valence-electron chi connectivity index (χ1n) is 9.14. The molecule has 5 amide bonds. The predicted octanol–water partition coefficient (Wildman–Crippen LogP) is 1.37. The van der Waals surface area contributed by atoms with E-state index in [9.17, 15) is 19.2 Å². The number of rotatable bonds is 7. The molecule has 2 aromatic rings. The van der Waals surface area contributed by atoms with Gasteiger partial charge in [-0.1, -0.05) is 30.3 Å². The standard InChI is InChI=1S/C20H22N4O5/c1-13(21-17(26)15-9-11-29-12-15)16(25)23-24-18(27)20(2,22-19(24)28)10-8-14-6-4-3-5-7-14/h3-7,9,11-13H,8,10H2,1-2H3,(H,21,26)(H,22,28)(H,23,25)/t13-,20+/m0/s1. The van der Waals surface area contributed by atoms with Gasteiger partial charge in [0.15, 0.2) is 0 Å². The summed E-state index contributed by atoms with van der Waals surface area (Å²) in [4.78, 5) is 49.4. The lowest BCUT2D eigenvalue weighted by Crippen LogP contribution is -2.54. The first kappa shape index (κ1) is 20.1. The Hall–Kier alpha value is -3.62. The number of imide groups is 1. The second-order valence-corrected chi connectivity index (χ2v) is 7.07. The molecule has 1 aromatic carbocycles. The van der Waals surface area contributed by atoms with E-state index in [0.717, 1.165) is 5.56 Å². The molecule has 9 heteroatoms. The van der Waals surface area contributed by atoms with Crippen molar-refractivity contribution in [3.63, 3.8) is 0 Å². The van der Waals surface area contributed by atoms with Gasteiger partial charge in [-0.2, -0.15) is 5.01 Å². The minimum absolute atomic E-state index is 0.258. The molecule has 0 aliphatic carbocycles. The average molecular weight is 398 g/mol. The van der Waals surface area contributed by atoms with Crippen LogP contribution < -0.4 is 16.1 Å². The van der Waals surface area contributed by atoms with Crippen LogP contribution in [0.5, 0.6) is 0 Å². The number of furan rings is 1. The Morgan fingerprint density at radius 3 is 2.59 bits per heavy atom. The zero-order chi connectivity index (χ0) is 21.0. The van der Waals surface area contributed by atoms with Gasteiger partial charge >= 0.3 is 6.03 Å². The number of hydrogen-bond donors (Lipinski definition) is 3. The van der Waals surface area contributed by atoms with Gasteiger partial charge in [-0.25, -0.2) is 4.79 Å². The van der Waals surface area contributed by atoms with Crippen molar-refractivity contribution in [2.75, 3.05) is 0 Å². The van der Waals surface area contributed by atoms with Crippen LogP contribution in [0.2, 0.25) is 0 Å². The molecule has 1 saturated heterocycles. The third-order valence-electron chi connectivity index (χ3n) is 4.76. The molecule has 9 nitrogen and oxygen atoms in total. The second kappa shape index (κ2) is 8.17. The van der Waals surface area contributed by atoms with E-state index in [4.69, 9.17) is 4.42 Å². The fraction of sp³-hybridized carbons (Fsp3) is 0.300. The monoisotopic (exact) mass is 398 g/mol. The molecule has 1 aliphatic heterocycles. The number of nitrogens with one attached hydrogen (secondary N) is 3. The molecule has 152 valence electrons. The number of carbonyl (C=O) groups is 4. The molecule has 0 spiro atoms. The van der Waals surface area contributed by atoms with E-state index in [2.05, 4.69) is 16.1 Å². The van der Waals surface area contributed by atoms with E-state index in [-0.39, 0.29) is 5.56 Å². The molecule has 1 aromatic heterocycles. The van der Waals surface area contributed by atoms with Gasteiger partial charge in [0.05, 0.1) is 11.8 Å². The number of benzene rings is 1. The lowest BCUT2D eigenvalue weighted by Gasteiger charge is -2.22. The third-order valence-corrected chi connectivity index (χ3v) is 4.76. The zero-order valence-corrected chi connectivity index (χ0v) is 16.1. The Balaban J connectivity index is 1.58. The number of hydrazine groups is 1. The van der Waals surface area contributed by atoms with E-state index in [1.54, 1.807) is 6.92 Å². The van der Waals surface area contributed by atoms with Crippen LogP contribution >= 0.6 is 0 Å². The molecule has 3 N–H and O–H groups in total. The van der Waals surface area contributed by atoms with Crippen molar-refractivity contribution in [3.05, 3.63) is 60.1 Å². The van der Waals surface area contributed by atoms with Gasteiger partial charge in [0.2, 0.25) is 0 Å². The Labute approximate surface area is 167 Å². The normalized spacial score (nSPS) is 19.6. The summed E-state index contributed by atoms with van der Waals surface area (Å²) in [5, 5.41) is 5.76. The number of hydrogen-bond acceptors (Lipinski definition) is 5. The summed E-state index contributed by atoms with van der Waals surface area (Å²) in [5.41, 5.74) is 2.43. The van der Waals surface area contributed by atoms with Gasteiger partial charge in [-0.15, -0.1) is 0 Å². The van der Waals surface area contributed by atoms with Crippen molar-refractivity contribution in [1.29, 1.82) is 0 Å². The second-order valence-electron chi connectivity index (χ2n) is 7.07. The van der Waals surface area contributed by atoms with E-state index in [1.807, 2.05) is 30.3 Å². The van der Waals surface area contributed by atoms with Crippen LogP contribution in [0.25, 0.3) is 0 Å². The van der Waals surface area contributed by atoms with Gasteiger partial charge in [0.25, 0.3) is 17.7 Å². The molecule has 1 fully saturated rings. The van der Waals surface area contributed by atoms with Gasteiger partial charge in [0.1, 0.15) is 17.8 Å². The summed E-state index contributed by atoms with van der Waals surface area (Å²) in [7, 11) is 0. The molecule has 2 atom stereocenters.